The van der Waals surface area contributed by atoms with Gasteiger partial charge < -0.3 is 20.3 Å². The highest BCUT2D eigenvalue weighted by Gasteiger charge is 2.39. The average molecular weight is 297 g/mol. The van der Waals surface area contributed by atoms with Gasteiger partial charge >= 0.3 is 0 Å². The number of nitrogens with two attached hydrogens (primary N) is 1. The first kappa shape index (κ1) is 16.2. The Morgan fingerprint density at radius 1 is 1.29 bits per heavy atom. The van der Waals surface area contributed by atoms with Crippen LogP contribution in [0, 0.1) is 5.92 Å². The third-order valence-electron chi connectivity index (χ3n) is 4.69. The molecular weight excluding hydrogens is 270 g/mol. The maximum absolute atomic E-state index is 12.6. The van der Waals surface area contributed by atoms with Crippen molar-refractivity contribution in [3.63, 3.8) is 0 Å². The Morgan fingerprint density at radius 2 is 1.95 bits per heavy atom. The first-order chi connectivity index (χ1) is 10.1. The lowest BCUT2D eigenvalue weighted by atomic mass is 9.98. The largest absolute Gasteiger partial charge is 0.378 e. The van der Waals surface area contributed by atoms with E-state index in [1.54, 1.807) is 4.90 Å². The van der Waals surface area contributed by atoms with Crippen molar-refractivity contribution in [1.82, 2.24) is 9.80 Å². The molecule has 0 saturated carbocycles. The Balaban J connectivity index is 2.02. The lowest BCUT2D eigenvalue weighted by Gasteiger charge is -2.34. The van der Waals surface area contributed by atoms with Crippen LogP contribution in [0.25, 0.3) is 0 Å². The zero-order chi connectivity index (χ0) is 15.4. The molecule has 2 rings (SSSR count). The molecule has 0 aliphatic carbocycles. The van der Waals surface area contributed by atoms with Crippen molar-refractivity contribution >= 4 is 11.8 Å². The van der Waals surface area contributed by atoms with E-state index in [4.69, 9.17) is 10.5 Å². The molecule has 2 fully saturated rings. The maximum atomic E-state index is 12.6. The van der Waals surface area contributed by atoms with Crippen LogP contribution in [0.4, 0.5) is 0 Å². The number of ether oxygens (including phenoxy) is 1. The van der Waals surface area contributed by atoms with Crippen LogP contribution in [0.5, 0.6) is 0 Å². The highest BCUT2D eigenvalue weighted by atomic mass is 16.5. The number of nitrogens with zero attached hydrogens (tertiary/aromatic N) is 2. The standard InChI is InChI=1S/C15H27N3O3/c1-3-11(2)13(16)15(20)18-6-4-5-12(18)14(19)17-7-9-21-10-8-17/h11-13H,3-10,16H2,1-2H3/t11?,12?,13-/m0/s1. The maximum Gasteiger partial charge on any atom is 0.245 e. The number of rotatable bonds is 4. The molecule has 21 heavy (non-hydrogen) atoms. The lowest BCUT2D eigenvalue weighted by molar-refractivity contribution is -0.147. The molecule has 0 spiro atoms. The Hall–Kier alpha value is -1.14. The summed E-state index contributed by atoms with van der Waals surface area (Å²) in [5, 5.41) is 0. The van der Waals surface area contributed by atoms with Crippen LogP contribution in [0.2, 0.25) is 0 Å². The van der Waals surface area contributed by atoms with Gasteiger partial charge in [-0.1, -0.05) is 20.3 Å². The molecule has 2 saturated heterocycles. The minimum absolute atomic E-state index is 0.0560. The van der Waals surface area contributed by atoms with E-state index in [2.05, 4.69) is 0 Å². The fourth-order valence-electron chi connectivity index (χ4n) is 2.97. The van der Waals surface area contributed by atoms with Crippen molar-refractivity contribution in [2.24, 2.45) is 11.7 Å². The Morgan fingerprint density at radius 3 is 2.57 bits per heavy atom. The van der Waals surface area contributed by atoms with Gasteiger partial charge in [0.1, 0.15) is 6.04 Å². The summed E-state index contributed by atoms with van der Waals surface area (Å²) < 4.78 is 5.28. The van der Waals surface area contributed by atoms with Crippen LogP contribution in [0.15, 0.2) is 0 Å². The quantitative estimate of drug-likeness (QED) is 0.805. The summed E-state index contributed by atoms with van der Waals surface area (Å²) in [6, 6.07) is -0.834. The molecule has 2 aliphatic heterocycles. The molecule has 6 heteroatoms. The van der Waals surface area contributed by atoms with Crippen molar-refractivity contribution < 1.29 is 14.3 Å². The molecule has 2 aliphatic rings. The molecule has 2 amide bonds. The van der Waals surface area contributed by atoms with E-state index in [-0.39, 0.29) is 23.8 Å². The molecule has 2 unspecified atom stereocenters. The Labute approximate surface area is 126 Å². The number of carbonyl (C=O) groups excluding carboxylic acids is 2. The van der Waals surface area contributed by atoms with Gasteiger partial charge in [-0.2, -0.15) is 0 Å². The average Bonchev–Trinajstić information content (AvgIpc) is 3.02. The number of carbonyl (C=O) groups is 2. The van der Waals surface area contributed by atoms with Gasteiger partial charge in [0.05, 0.1) is 19.3 Å². The van der Waals surface area contributed by atoms with E-state index >= 15 is 0 Å². The summed E-state index contributed by atoms with van der Waals surface area (Å²) in [5.74, 6) is 0.117. The molecule has 0 bridgehead atoms. The molecule has 6 nitrogen and oxygen atoms in total. The highest BCUT2D eigenvalue weighted by Crippen LogP contribution is 2.22. The Bertz CT molecular complexity index is 362. The van der Waals surface area contributed by atoms with Gasteiger partial charge in [-0.15, -0.1) is 0 Å². The zero-order valence-electron chi connectivity index (χ0n) is 13.1. The molecule has 0 aromatic heterocycles. The minimum atomic E-state index is -0.506. The Kier molecular flexibility index (Phi) is 5.58. The number of morpholine rings is 1. The van der Waals surface area contributed by atoms with Gasteiger partial charge in [0, 0.05) is 19.6 Å². The van der Waals surface area contributed by atoms with E-state index < -0.39 is 6.04 Å². The summed E-state index contributed by atoms with van der Waals surface area (Å²) in [4.78, 5) is 28.7. The third kappa shape index (κ3) is 3.55. The summed E-state index contributed by atoms with van der Waals surface area (Å²) in [5.41, 5.74) is 6.06. The second kappa shape index (κ2) is 7.22. The van der Waals surface area contributed by atoms with Gasteiger partial charge in [-0.05, 0) is 18.8 Å². The van der Waals surface area contributed by atoms with Crippen molar-refractivity contribution in [3.8, 4) is 0 Å². The minimum Gasteiger partial charge on any atom is -0.378 e. The number of likely N-dealkylation sites (tertiary alicyclic amines) is 1. The first-order valence-corrected chi connectivity index (χ1v) is 7.98. The van der Waals surface area contributed by atoms with Crippen LogP contribution in [-0.2, 0) is 14.3 Å². The summed E-state index contributed by atoms with van der Waals surface area (Å²) in [6.45, 7) is 7.06. The monoisotopic (exact) mass is 297 g/mol. The third-order valence-corrected chi connectivity index (χ3v) is 4.69. The molecule has 0 aromatic rings. The molecule has 0 radical (unpaired) electrons. The van der Waals surface area contributed by atoms with Gasteiger partial charge in [0.15, 0.2) is 0 Å². The smallest absolute Gasteiger partial charge is 0.245 e. The fourth-order valence-corrected chi connectivity index (χ4v) is 2.97. The molecule has 3 atom stereocenters. The molecule has 2 N–H and O–H groups in total. The van der Waals surface area contributed by atoms with Crippen LogP contribution < -0.4 is 5.73 Å². The van der Waals surface area contributed by atoms with Crippen molar-refractivity contribution in [2.45, 2.75) is 45.2 Å². The summed E-state index contributed by atoms with van der Waals surface area (Å²) in [7, 11) is 0. The van der Waals surface area contributed by atoms with Crippen LogP contribution in [0.3, 0.4) is 0 Å². The topological polar surface area (TPSA) is 75.9 Å². The van der Waals surface area contributed by atoms with Gasteiger partial charge in [-0.25, -0.2) is 0 Å². The van der Waals surface area contributed by atoms with Crippen molar-refractivity contribution in [3.05, 3.63) is 0 Å². The predicted octanol–water partition coefficient (Wildman–Crippen LogP) is 0.210. The molecule has 120 valence electrons. The number of hydrogen-bond donors (Lipinski definition) is 1. The van der Waals surface area contributed by atoms with Crippen LogP contribution in [0.1, 0.15) is 33.1 Å². The second-order valence-corrected chi connectivity index (χ2v) is 6.04. The first-order valence-electron chi connectivity index (χ1n) is 7.98. The van der Waals surface area contributed by atoms with Gasteiger partial charge in [0.25, 0.3) is 0 Å². The fraction of sp³-hybridized carbons (Fsp3) is 0.867. The normalized spacial score (nSPS) is 25.8. The van der Waals surface area contributed by atoms with E-state index in [0.717, 1.165) is 19.3 Å². The van der Waals surface area contributed by atoms with E-state index in [1.165, 1.54) is 0 Å². The molecule has 2 heterocycles. The zero-order valence-corrected chi connectivity index (χ0v) is 13.1. The van der Waals surface area contributed by atoms with Gasteiger partial charge in [0.2, 0.25) is 11.8 Å². The van der Waals surface area contributed by atoms with Gasteiger partial charge in [-0.3, -0.25) is 9.59 Å². The summed E-state index contributed by atoms with van der Waals surface area (Å²) in [6.07, 6.45) is 2.48. The van der Waals surface area contributed by atoms with E-state index in [9.17, 15) is 9.59 Å². The highest BCUT2D eigenvalue weighted by molar-refractivity contribution is 5.90. The lowest BCUT2D eigenvalue weighted by Crippen LogP contribution is -2.55. The van der Waals surface area contributed by atoms with Crippen molar-refractivity contribution in [2.75, 3.05) is 32.8 Å². The summed E-state index contributed by atoms with van der Waals surface area (Å²) >= 11 is 0. The SMILES string of the molecule is CCC(C)[C@H](N)C(=O)N1CCCC1C(=O)N1CCOCC1. The second-order valence-electron chi connectivity index (χ2n) is 6.04. The predicted molar refractivity (Wildman–Crippen MR) is 79.6 cm³/mol. The number of hydrogen-bond acceptors (Lipinski definition) is 4. The van der Waals surface area contributed by atoms with Crippen LogP contribution >= 0.6 is 0 Å². The number of amides is 2. The van der Waals surface area contributed by atoms with Crippen molar-refractivity contribution in [1.29, 1.82) is 0 Å². The van der Waals surface area contributed by atoms with E-state index in [0.29, 0.717) is 32.8 Å². The van der Waals surface area contributed by atoms with Crippen LogP contribution in [-0.4, -0.2) is 66.5 Å². The molecular formula is C15H27N3O3. The van der Waals surface area contributed by atoms with E-state index in [1.807, 2.05) is 18.7 Å². The molecule has 0 aromatic carbocycles.